The highest BCUT2D eigenvalue weighted by molar-refractivity contribution is 5.19. The minimum absolute atomic E-state index is 0.145. The highest BCUT2D eigenvalue weighted by Crippen LogP contribution is 2.30. The van der Waals surface area contributed by atoms with Crippen LogP contribution in [-0.4, -0.2) is 6.54 Å². The normalized spacial score (nSPS) is 24.0. The summed E-state index contributed by atoms with van der Waals surface area (Å²) in [5.41, 5.74) is 1.23. The van der Waals surface area contributed by atoms with E-state index in [1.54, 1.807) is 12.1 Å². The predicted octanol–water partition coefficient (Wildman–Crippen LogP) is 5.47. The SMILES string of the molecule is CCCCC(NCC1CCCCC1C)c1ccc(F)cc1. The summed E-state index contributed by atoms with van der Waals surface area (Å²) in [7, 11) is 0. The third kappa shape index (κ3) is 5.10. The van der Waals surface area contributed by atoms with E-state index >= 15 is 0 Å². The van der Waals surface area contributed by atoms with Crippen LogP contribution in [0.25, 0.3) is 0 Å². The Labute approximate surface area is 129 Å². The van der Waals surface area contributed by atoms with Gasteiger partial charge in [-0.25, -0.2) is 4.39 Å². The van der Waals surface area contributed by atoms with Gasteiger partial charge in [-0.1, -0.05) is 58.1 Å². The fraction of sp³-hybridized carbons (Fsp3) is 0.684. The molecule has 1 N–H and O–H groups in total. The standard InChI is InChI=1S/C19H30FN/c1-3-4-9-19(16-10-12-18(20)13-11-16)21-14-17-8-6-5-7-15(17)2/h10-13,15,17,19,21H,3-9,14H2,1-2H3. The number of hydrogen-bond donors (Lipinski definition) is 1. The fourth-order valence-corrected chi connectivity index (χ4v) is 3.48. The number of nitrogens with one attached hydrogen (secondary N) is 1. The molecule has 1 aliphatic carbocycles. The first-order valence-electron chi connectivity index (χ1n) is 8.69. The van der Waals surface area contributed by atoms with Crippen LogP contribution < -0.4 is 5.32 Å². The Hall–Kier alpha value is -0.890. The predicted molar refractivity (Wildman–Crippen MR) is 87.8 cm³/mol. The molecule has 0 aromatic heterocycles. The molecule has 0 aliphatic heterocycles. The fourth-order valence-electron chi connectivity index (χ4n) is 3.48. The Kier molecular flexibility index (Phi) is 6.69. The lowest BCUT2D eigenvalue weighted by Crippen LogP contribution is -2.32. The van der Waals surface area contributed by atoms with Gasteiger partial charge in [0.05, 0.1) is 0 Å². The minimum atomic E-state index is -0.145. The van der Waals surface area contributed by atoms with Gasteiger partial charge in [-0.05, 0) is 48.9 Å². The molecule has 0 amide bonds. The lowest BCUT2D eigenvalue weighted by molar-refractivity contribution is 0.238. The number of hydrogen-bond acceptors (Lipinski definition) is 1. The maximum absolute atomic E-state index is 13.1. The molecule has 1 saturated carbocycles. The van der Waals surface area contributed by atoms with E-state index < -0.39 is 0 Å². The Balaban J connectivity index is 1.94. The second-order valence-corrected chi connectivity index (χ2v) is 6.68. The molecule has 0 radical (unpaired) electrons. The van der Waals surface area contributed by atoms with Gasteiger partial charge in [-0.15, -0.1) is 0 Å². The van der Waals surface area contributed by atoms with E-state index in [-0.39, 0.29) is 5.82 Å². The maximum atomic E-state index is 13.1. The van der Waals surface area contributed by atoms with E-state index in [0.29, 0.717) is 6.04 Å². The van der Waals surface area contributed by atoms with Crippen molar-refractivity contribution in [3.05, 3.63) is 35.6 Å². The molecule has 118 valence electrons. The number of rotatable bonds is 7. The maximum Gasteiger partial charge on any atom is 0.123 e. The van der Waals surface area contributed by atoms with Crippen molar-refractivity contribution >= 4 is 0 Å². The lowest BCUT2D eigenvalue weighted by atomic mass is 9.80. The van der Waals surface area contributed by atoms with Crippen molar-refractivity contribution in [2.75, 3.05) is 6.54 Å². The summed E-state index contributed by atoms with van der Waals surface area (Å²) in [6.07, 6.45) is 9.08. The van der Waals surface area contributed by atoms with Crippen molar-refractivity contribution in [3.63, 3.8) is 0 Å². The average molecular weight is 291 g/mol. The van der Waals surface area contributed by atoms with E-state index in [1.165, 1.54) is 44.1 Å². The van der Waals surface area contributed by atoms with Gasteiger partial charge >= 0.3 is 0 Å². The van der Waals surface area contributed by atoms with Gasteiger partial charge in [0.15, 0.2) is 0 Å². The molecular formula is C19H30FN. The van der Waals surface area contributed by atoms with Gasteiger partial charge in [0.2, 0.25) is 0 Å². The second-order valence-electron chi connectivity index (χ2n) is 6.68. The Morgan fingerprint density at radius 3 is 2.57 bits per heavy atom. The van der Waals surface area contributed by atoms with Crippen molar-refractivity contribution in [2.45, 2.75) is 64.8 Å². The van der Waals surface area contributed by atoms with Crippen molar-refractivity contribution in [1.29, 1.82) is 0 Å². The van der Waals surface area contributed by atoms with Gasteiger partial charge in [-0.2, -0.15) is 0 Å². The molecule has 1 aromatic carbocycles. The van der Waals surface area contributed by atoms with Crippen LogP contribution in [0, 0.1) is 17.7 Å². The molecule has 1 aliphatic rings. The highest BCUT2D eigenvalue weighted by atomic mass is 19.1. The first-order chi connectivity index (χ1) is 10.2. The molecule has 0 bridgehead atoms. The van der Waals surface area contributed by atoms with Gasteiger partial charge in [0.25, 0.3) is 0 Å². The zero-order valence-electron chi connectivity index (χ0n) is 13.6. The smallest absolute Gasteiger partial charge is 0.123 e. The molecule has 0 saturated heterocycles. The van der Waals surface area contributed by atoms with Crippen LogP contribution in [0.3, 0.4) is 0 Å². The second kappa shape index (κ2) is 8.53. The summed E-state index contributed by atoms with van der Waals surface area (Å²) in [5.74, 6) is 1.50. The third-order valence-corrected chi connectivity index (χ3v) is 5.03. The Morgan fingerprint density at radius 1 is 1.19 bits per heavy atom. The van der Waals surface area contributed by atoms with E-state index in [0.717, 1.165) is 24.8 Å². The summed E-state index contributed by atoms with van der Waals surface area (Å²) in [6, 6.07) is 7.41. The van der Waals surface area contributed by atoms with E-state index in [1.807, 2.05) is 12.1 Å². The third-order valence-electron chi connectivity index (χ3n) is 5.03. The van der Waals surface area contributed by atoms with Crippen LogP contribution in [0.4, 0.5) is 4.39 Å². The molecule has 0 spiro atoms. The molecule has 21 heavy (non-hydrogen) atoms. The highest BCUT2D eigenvalue weighted by Gasteiger charge is 2.22. The Morgan fingerprint density at radius 2 is 1.90 bits per heavy atom. The zero-order chi connectivity index (χ0) is 15.1. The van der Waals surface area contributed by atoms with Crippen LogP contribution in [0.2, 0.25) is 0 Å². The average Bonchev–Trinajstić information content (AvgIpc) is 2.50. The number of unbranched alkanes of at least 4 members (excludes halogenated alkanes) is 1. The number of benzene rings is 1. The molecule has 1 aromatic rings. The molecule has 3 unspecified atom stereocenters. The Bertz CT molecular complexity index is 401. The van der Waals surface area contributed by atoms with E-state index in [4.69, 9.17) is 0 Å². The molecule has 2 heteroatoms. The largest absolute Gasteiger partial charge is 0.310 e. The minimum Gasteiger partial charge on any atom is -0.310 e. The van der Waals surface area contributed by atoms with Crippen molar-refractivity contribution < 1.29 is 4.39 Å². The van der Waals surface area contributed by atoms with Crippen LogP contribution in [0.1, 0.15) is 70.4 Å². The summed E-state index contributed by atoms with van der Waals surface area (Å²) in [4.78, 5) is 0. The van der Waals surface area contributed by atoms with E-state index in [2.05, 4.69) is 19.2 Å². The van der Waals surface area contributed by atoms with Crippen molar-refractivity contribution in [1.82, 2.24) is 5.32 Å². The summed E-state index contributed by atoms with van der Waals surface area (Å²) in [6.45, 7) is 5.72. The summed E-state index contributed by atoms with van der Waals surface area (Å²) in [5, 5.41) is 3.77. The van der Waals surface area contributed by atoms with Crippen molar-refractivity contribution in [3.8, 4) is 0 Å². The molecule has 1 nitrogen and oxygen atoms in total. The van der Waals surface area contributed by atoms with Gasteiger partial charge in [0.1, 0.15) is 5.82 Å². The van der Waals surface area contributed by atoms with Gasteiger partial charge in [-0.3, -0.25) is 0 Å². The van der Waals surface area contributed by atoms with Gasteiger partial charge < -0.3 is 5.32 Å². The zero-order valence-corrected chi connectivity index (χ0v) is 13.6. The molecule has 0 heterocycles. The first kappa shape index (κ1) is 16.5. The quantitative estimate of drug-likeness (QED) is 0.702. The monoisotopic (exact) mass is 291 g/mol. The lowest BCUT2D eigenvalue weighted by Gasteiger charge is -2.31. The van der Waals surface area contributed by atoms with Crippen LogP contribution in [0.5, 0.6) is 0 Å². The topological polar surface area (TPSA) is 12.0 Å². The molecule has 1 fully saturated rings. The summed E-state index contributed by atoms with van der Waals surface area (Å²) < 4.78 is 13.1. The molecule has 3 atom stereocenters. The van der Waals surface area contributed by atoms with Crippen LogP contribution in [0.15, 0.2) is 24.3 Å². The van der Waals surface area contributed by atoms with Crippen LogP contribution >= 0.6 is 0 Å². The number of halogens is 1. The van der Waals surface area contributed by atoms with Crippen LogP contribution in [-0.2, 0) is 0 Å². The van der Waals surface area contributed by atoms with Gasteiger partial charge in [0, 0.05) is 6.04 Å². The first-order valence-corrected chi connectivity index (χ1v) is 8.69. The molecule has 2 rings (SSSR count). The van der Waals surface area contributed by atoms with Crippen molar-refractivity contribution in [2.24, 2.45) is 11.8 Å². The van der Waals surface area contributed by atoms with E-state index in [9.17, 15) is 4.39 Å². The molecular weight excluding hydrogens is 261 g/mol. The summed E-state index contributed by atoms with van der Waals surface area (Å²) >= 11 is 0.